The molecule has 0 aromatic heterocycles. The number of rotatable bonds is 3. The number of benzene rings is 1. The van der Waals surface area contributed by atoms with Gasteiger partial charge in [0.15, 0.2) is 0 Å². The Hall–Kier alpha value is -1.58. The second kappa shape index (κ2) is 5.66. The molecule has 1 aliphatic rings. The molecule has 2 atom stereocenters. The van der Waals surface area contributed by atoms with Crippen LogP contribution in [-0.4, -0.2) is 41.9 Å². The maximum Gasteiger partial charge on any atom is 0.306 e. The first-order chi connectivity index (χ1) is 9.73. The third-order valence-electron chi connectivity index (χ3n) is 3.63. The van der Waals surface area contributed by atoms with E-state index in [2.05, 4.69) is 0 Å². The van der Waals surface area contributed by atoms with E-state index in [1.165, 1.54) is 0 Å². The molecule has 1 saturated heterocycles. The van der Waals surface area contributed by atoms with Gasteiger partial charge in [0.2, 0.25) is 15.8 Å². The van der Waals surface area contributed by atoms with Crippen molar-refractivity contribution in [3.8, 4) is 0 Å². The van der Waals surface area contributed by atoms with Gasteiger partial charge in [-0.05, 0) is 24.5 Å². The van der Waals surface area contributed by atoms with Gasteiger partial charge in [-0.15, -0.1) is 0 Å². The van der Waals surface area contributed by atoms with Crippen LogP contribution in [0.4, 0.5) is 10.1 Å². The molecule has 9 heteroatoms. The summed E-state index contributed by atoms with van der Waals surface area (Å²) in [6.07, 6.45) is -0.298. The Bertz CT molecular complexity index is 664. The topological polar surface area (TPSA) is 101 Å². The molecule has 21 heavy (non-hydrogen) atoms. The van der Waals surface area contributed by atoms with Gasteiger partial charge in [0.25, 0.3) is 0 Å². The van der Waals surface area contributed by atoms with E-state index >= 15 is 0 Å². The molecule has 1 fully saturated rings. The van der Waals surface area contributed by atoms with Crippen molar-refractivity contribution in [1.82, 2.24) is 4.31 Å². The van der Waals surface area contributed by atoms with Gasteiger partial charge >= 0.3 is 5.69 Å². The van der Waals surface area contributed by atoms with Crippen LogP contribution in [-0.2, 0) is 10.0 Å². The average Bonchev–Trinajstić information content (AvgIpc) is 2.41. The Morgan fingerprint density at radius 2 is 2.14 bits per heavy atom. The standard InChI is InChI=1S/C12H15FN2O5S/c1-8-4-5-14(7-12(8)16)21(19,20)9-2-3-10(13)11(6-9)15(17)18/h2-3,6,8,12,16H,4-5,7H2,1H3. The van der Waals surface area contributed by atoms with E-state index in [-0.39, 0.29) is 23.9 Å². The lowest BCUT2D eigenvalue weighted by Crippen LogP contribution is -2.45. The van der Waals surface area contributed by atoms with Crippen molar-refractivity contribution in [2.75, 3.05) is 13.1 Å². The van der Waals surface area contributed by atoms with Crippen molar-refractivity contribution in [2.24, 2.45) is 5.92 Å². The van der Waals surface area contributed by atoms with Crippen LogP contribution in [0.3, 0.4) is 0 Å². The number of aliphatic hydroxyl groups excluding tert-OH is 1. The number of β-amino-alcohol motifs (C(OH)–C–C–N with tert-alkyl or cyclic N) is 1. The minimum Gasteiger partial charge on any atom is -0.391 e. The van der Waals surface area contributed by atoms with Crippen LogP contribution in [0.1, 0.15) is 13.3 Å². The Morgan fingerprint density at radius 3 is 2.71 bits per heavy atom. The molecule has 7 nitrogen and oxygen atoms in total. The highest BCUT2D eigenvalue weighted by Gasteiger charge is 2.33. The van der Waals surface area contributed by atoms with Gasteiger partial charge in [-0.1, -0.05) is 6.92 Å². The number of nitrogens with zero attached hydrogens (tertiary/aromatic N) is 2. The fraction of sp³-hybridized carbons (Fsp3) is 0.500. The van der Waals surface area contributed by atoms with Gasteiger partial charge in [0.1, 0.15) is 0 Å². The molecule has 1 aliphatic heterocycles. The first-order valence-corrected chi connectivity index (χ1v) is 7.79. The molecular formula is C12H15FN2O5S. The zero-order chi connectivity index (χ0) is 15.8. The Kier molecular flexibility index (Phi) is 4.26. The molecule has 1 N–H and O–H groups in total. The zero-order valence-corrected chi connectivity index (χ0v) is 12.1. The van der Waals surface area contributed by atoms with Crippen LogP contribution in [0.15, 0.2) is 23.1 Å². The summed E-state index contributed by atoms with van der Waals surface area (Å²) >= 11 is 0. The van der Waals surface area contributed by atoms with Crippen molar-refractivity contribution in [1.29, 1.82) is 0 Å². The van der Waals surface area contributed by atoms with E-state index in [9.17, 15) is 28.0 Å². The molecule has 2 unspecified atom stereocenters. The Labute approximate surface area is 121 Å². The first kappa shape index (κ1) is 15.8. The van der Waals surface area contributed by atoms with E-state index in [4.69, 9.17) is 0 Å². The first-order valence-electron chi connectivity index (χ1n) is 6.35. The van der Waals surface area contributed by atoms with Crippen molar-refractivity contribution in [2.45, 2.75) is 24.3 Å². The molecule has 1 aromatic carbocycles. The van der Waals surface area contributed by atoms with Crippen LogP contribution in [0.25, 0.3) is 0 Å². The molecule has 116 valence electrons. The summed E-state index contributed by atoms with van der Waals surface area (Å²) in [6.45, 7) is 1.96. The number of hydrogen-bond donors (Lipinski definition) is 1. The molecule has 1 aromatic rings. The average molecular weight is 318 g/mol. The normalized spacial score (nSPS) is 24.0. The van der Waals surface area contributed by atoms with Gasteiger partial charge in [-0.25, -0.2) is 8.42 Å². The smallest absolute Gasteiger partial charge is 0.306 e. The predicted molar refractivity (Wildman–Crippen MR) is 71.6 cm³/mol. The van der Waals surface area contributed by atoms with Crippen LogP contribution >= 0.6 is 0 Å². The van der Waals surface area contributed by atoms with Gasteiger partial charge in [0, 0.05) is 19.2 Å². The summed E-state index contributed by atoms with van der Waals surface area (Å²) in [6, 6.07) is 2.45. The highest BCUT2D eigenvalue weighted by Crippen LogP contribution is 2.27. The lowest BCUT2D eigenvalue weighted by molar-refractivity contribution is -0.387. The molecule has 0 amide bonds. The molecular weight excluding hydrogens is 303 g/mol. The van der Waals surface area contributed by atoms with Crippen molar-refractivity contribution in [3.63, 3.8) is 0 Å². The number of aliphatic hydroxyl groups is 1. The molecule has 0 bridgehead atoms. The maximum atomic E-state index is 13.3. The zero-order valence-electron chi connectivity index (χ0n) is 11.3. The number of hydrogen-bond acceptors (Lipinski definition) is 5. The largest absolute Gasteiger partial charge is 0.391 e. The third kappa shape index (κ3) is 3.04. The number of halogens is 1. The molecule has 0 aliphatic carbocycles. The minimum absolute atomic E-state index is 0.0148. The molecule has 0 saturated carbocycles. The van der Waals surface area contributed by atoms with Crippen LogP contribution in [0, 0.1) is 21.8 Å². The fourth-order valence-corrected chi connectivity index (χ4v) is 3.67. The Morgan fingerprint density at radius 1 is 1.48 bits per heavy atom. The van der Waals surface area contributed by atoms with E-state index in [0.717, 1.165) is 16.4 Å². The van der Waals surface area contributed by atoms with Gasteiger partial charge in [-0.3, -0.25) is 10.1 Å². The van der Waals surface area contributed by atoms with Crippen LogP contribution in [0.2, 0.25) is 0 Å². The highest BCUT2D eigenvalue weighted by molar-refractivity contribution is 7.89. The predicted octanol–water partition coefficient (Wildman–Crippen LogP) is 1.13. The summed E-state index contributed by atoms with van der Waals surface area (Å²) in [5, 5.41) is 20.5. The molecule has 2 rings (SSSR count). The number of nitro benzene ring substituents is 1. The van der Waals surface area contributed by atoms with Crippen molar-refractivity contribution < 1.29 is 22.8 Å². The molecule has 0 spiro atoms. The summed E-state index contributed by atoms with van der Waals surface area (Å²) in [5.74, 6) is -1.11. The van der Waals surface area contributed by atoms with Crippen molar-refractivity contribution >= 4 is 15.7 Å². The van der Waals surface area contributed by atoms with E-state index < -0.39 is 32.6 Å². The second-order valence-electron chi connectivity index (χ2n) is 5.07. The van der Waals surface area contributed by atoms with Gasteiger partial charge < -0.3 is 5.11 Å². The summed E-state index contributed by atoms with van der Waals surface area (Å²) in [4.78, 5) is 9.37. The Balaban J connectivity index is 2.36. The maximum absolute atomic E-state index is 13.3. The monoisotopic (exact) mass is 318 g/mol. The molecule has 0 radical (unpaired) electrons. The second-order valence-corrected chi connectivity index (χ2v) is 7.00. The van der Waals surface area contributed by atoms with Crippen LogP contribution < -0.4 is 0 Å². The highest BCUT2D eigenvalue weighted by atomic mass is 32.2. The quantitative estimate of drug-likeness (QED) is 0.665. The van der Waals surface area contributed by atoms with E-state index in [0.29, 0.717) is 12.5 Å². The number of sulfonamides is 1. The SMILES string of the molecule is CC1CCN(S(=O)(=O)c2ccc(F)c([N+](=O)[O-])c2)CC1O. The summed E-state index contributed by atoms with van der Waals surface area (Å²) in [7, 11) is -3.99. The number of nitro groups is 1. The summed E-state index contributed by atoms with van der Waals surface area (Å²) < 4.78 is 39.1. The van der Waals surface area contributed by atoms with Crippen LogP contribution in [0.5, 0.6) is 0 Å². The number of piperidine rings is 1. The lowest BCUT2D eigenvalue weighted by Gasteiger charge is -2.33. The van der Waals surface area contributed by atoms with E-state index in [1.807, 2.05) is 6.92 Å². The third-order valence-corrected chi connectivity index (χ3v) is 5.49. The van der Waals surface area contributed by atoms with Gasteiger partial charge in [-0.2, -0.15) is 8.70 Å². The lowest BCUT2D eigenvalue weighted by atomic mass is 9.98. The van der Waals surface area contributed by atoms with E-state index in [1.54, 1.807) is 0 Å². The minimum atomic E-state index is -3.99. The fourth-order valence-electron chi connectivity index (χ4n) is 2.18. The molecule has 1 heterocycles. The van der Waals surface area contributed by atoms with Crippen molar-refractivity contribution in [3.05, 3.63) is 34.1 Å². The summed E-state index contributed by atoms with van der Waals surface area (Å²) in [5.41, 5.74) is -0.887. The van der Waals surface area contributed by atoms with Gasteiger partial charge in [0.05, 0.1) is 15.9 Å².